The number of aryl methyl sites for hydroxylation is 1. The summed E-state index contributed by atoms with van der Waals surface area (Å²) in [6, 6.07) is 13.4. The first kappa shape index (κ1) is 22.7. The molecule has 0 radical (unpaired) electrons. The van der Waals surface area contributed by atoms with Crippen LogP contribution in [0.2, 0.25) is 0 Å². The molecule has 1 atom stereocenters. The second-order valence-electron chi connectivity index (χ2n) is 8.27. The molecular formula is C26H29FN4O2. The van der Waals surface area contributed by atoms with Gasteiger partial charge in [0.1, 0.15) is 5.82 Å². The number of nitrogens with zero attached hydrogens (tertiary/aromatic N) is 3. The van der Waals surface area contributed by atoms with E-state index in [0.717, 1.165) is 36.9 Å². The van der Waals surface area contributed by atoms with E-state index in [2.05, 4.69) is 29.3 Å². The number of benzene rings is 2. The highest BCUT2D eigenvalue weighted by atomic mass is 19.1. The van der Waals surface area contributed by atoms with E-state index in [4.69, 9.17) is 4.52 Å². The highest BCUT2D eigenvalue weighted by Crippen LogP contribution is 2.37. The van der Waals surface area contributed by atoms with E-state index in [0.29, 0.717) is 29.4 Å². The van der Waals surface area contributed by atoms with Crippen LogP contribution in [0, 0.1) is 5.82 Å². The van der Waals surface area contributed by atoms with Gasteiger partial charge in [0.2, 0.25) is 5.82 Å². The molecule has 0 aliphatic carbocycles. The predicted octanol–water partition coefficient (Wildman–Crippen LogP) is 6.13. The van der Waals surface area contributed by atoms with Gasteiger partial charge in [-0.05, 0) is 43.0 Å². The van der Waals surface area contributed by atoms with Crippen molar-refractivity contribution in [2.45, 2.75) is 52.5 Å². The Morgan fingerprint density at radius 1 is 1.12 bits per heavy atom. The first-order valence-corrected chi connectivity index (χ1v) is 11.5. The number of hydrogen-bond donors (Lipinski definition) is 1. The number of unbranched alkanes of at least 4 members (excludes halogenated alkanes) is 2. The summed E-state index contributed by atoms with van der Waals surface area (Å²) in [6.45, 7) is 6.70. The van der Waals surface area contributed by atoms with Gasteiger partial charge in [0.25, 0.3) is 5.89 Å². The van der Waals surface area contributed by atoms with Crippen molar-refractivity contribution < 1.29 is 13.7 Å². The molecular weight excluding hydrogens is 419 g/mol. The Kier molecular flexibility index (Phi) is 6.87. The minimum atomic E-state index is -0.591. The lowest BCUT2D eigenvalue weighted by atomic mass is 9.94. The molecule has 0 fully saturated rings. The summed E-state index contributed by atoms with van der Waals surface area (Å²) >= 11 is 0. The van der Waals surface area contributed by atoms with Crippen molar-refractivity contribution in [1.29, 1.82) is 0 Å². The molecule has 0 saturated heterocycles. The largest absolute Gasteiger partial charge is 0.334 e. The Morgan fingerprint density at radius 3 is 2.61 bits per heavy atom. The van der Waals surface area contributed by atoms with Crippen LogP contribution in [0.25, 0.3) is 17.0 Å². The van der Waals surface area contributed by atoms with E-state index in [9.17, 15) is 9.18 Å². The van der Waals surface area contributed by atoms with Crippen molar-refractivity contribution in [2.75, 3.05) is 6.54 Å². The molecule has 2 amide bonds. The number of aromatic nitrogens is 2. The molecule has 1 N–H and O–H groups in total. The molecule has 2 heterocycles. The zero-order valence-corrected chi connectivity index (χ0v) is 19.3. The quantitative estimate of drug-likeness (QED) is 0.421. The van der Waals surface area contributed by atoms with Crippen LogP contribution in [0.3, 0.4) is 0 Å². The predicted molar refractivity (Wildman–Crippen MR) is 126 cm³/mol. The van der Waals surface area contributed by atoms with Crippen molar-refractivity contribution in [1.82, 2.24) is 20.4 Å². The van der Waals surface area contributed by atoms with Crippen LogP contribution in [0.15, 0.2) is 58.8 Å². The Bertz CT molecular complexity index is 1150. The van der Waals surface area contributed by atoms with E-state index in [-0.39, 0.29) is 11.8 Å². The highest BCUT2D eigenvalue weighted by Gasteiger charge is 2.35. The van der Waals surface area contributed by atoms with Crippen LogP contribution < -0.4 is 5.32 Å². The summed E-state index contributed by atoms with van der Waals surface area (Å²) in [5.41, 5.74) is 4.12. The molecule has 6 nitrogen and oxygen atoms in total. The molecule has 7 heteroatoms. The van der Waals surface area contributed by atoms with Gasteiger partial charge in [-0.3, -0.25) is 4.90 Å². The minimum Gasteiger partial charge on any atom is -0.334 e. The van der Waals surface area contributed by atoms with Crippen molar-refractivity contribution in [3.8, 4) is 11.4 Å². The Labute approximate surface area is 193 Å². The molecule has 0 bridgehead atoms. The summed E-state index contributed by atoms with van der Waals surface area (Å²) in [5, 5.41) is 7.21. The fourth-order valence-electron chi connectivity index (χ4n) is 4.12. The molecule has 4 rings (SSSR count). The van der Waals surface area contributed by atoms with Gasteiger partial charge in [-0.2, -0.15) is 4.98 Å². The second-order valence-corrected chi connectivity index (χ2v) is 8.27. The average molecular weight is 449 g/mol. The fraction of sp³-hybridized carbons (Fsp3) is 0.346. The van der Waals surface area contributed by atoms with Crippen LogP contribution in [-0.4, -0.2) is 27.6 Å². The van der Waals surface area contributed by atoms with Crippen LogP contribution >= 0.6 is 0 Å². The van der Waals surface area contributed by atoms with Crippen molar-refractivity contribution in [2.24, 2.45) is 0 Å². The molecule has 1 aromatic heterocycles. The van der Waals surface area contributed by atoms with Gasteiger partial charge in [0.15, 0.2) is 0 Å². The van der Waals surface area contributed by atoms with Crippen LogP contribution in [0.5, 0.6) is 0 Å². The van der Waals surface area contributed by atoms with E-state index in [1.165, 1.54) is 17.7 Å². The zero-order valence-electron chi connectivity index (χ0n) is 19.3. The fourth-order valence-corrected chi connectivity index (χ4v) is 4.12. The third-order valence-electron chi connectivity index (χ3n) is 6.04. The lowest BCUT2D eigenvalue weighted by Gasteiger charge is -2.35. The van der Waals surface area contributed by atoms with Crippen molar-refractivity contribution >= 4 is 11.6 Å². The molecule has 172 valence electrons. The average Bonchev–Trinajstić information content (AvgIpc) is 3.30. The van der Waals surface area contributed by atoms with Gasteiger partial charge in [-0.15, -0.1) is 0 Å². The van der Waals surface area contributed by atoms with Gasteiger partial charge in [0.05, 0.1) is 11.6 Å². The van der Waals surface area contributed by atoms with E-state index in [1.807, 2.05) is 31.2 Å². The number of carbonyl (C=O) groups excluding carboxylic acids is 1. The van der Waals surface area contributed by atoms with Gasteiger partial charge < -0.3 is 9.84 Å². The van der Waals surface area contributed by atoms with Crippen LogP contribution in [-0.2, 0) is 6.42 Å². The number of hydrogen-bond acceptors (Lipinski definition) is 4. The molecule has 2 aromatic carbocycles. The Balaban J connectivity index is 1.75. The summed E-state index contributed by atoms with van der Waals surface area (Å²) in [4.78, 5) is 19.3. The highest BCUT2D eigenvalue weighted by molar-refractivity contribution is 5.86. The Morgan fingerprint density at radius 2 is 1.91 bits per heavy atom. The SMILES string of the molecule is CCCCCN1C(=O)NC(c2cccc(F)c2)C(c2nc(-c3ccc(CC)cc3)no2)=C1C. The molecule has 3 aromatic rings. The number of carbonyl (C=O) groups is 1. The summed E-state index contributed by atoms with van der Waals surface area (Å²) in [6.07, 6.45) is 3.92. The molecule has 33 heavy (non-hydrogen) atoms. The molecule has 0 saturated carbocycles. The monoisotopic (exact) mass is 448 g/mol. The summed E-state index contributed by atoms with van der Waals surface area (Å²) in [7, 11) is 0. The van der Waals surface area contributed by atoms with Gasteiger partial charge in [-0.25, -0.2) is 9.18 Å². The maximum atomic E-state index is 14.0. The van der Waals surface area contributed by atoms with Gasteiger partial charge >= 0.3 is 6.03 Å². The maximum absolute atomic E-state index is 14.0. The van der Waals surface area contributed by atoms with Crippen molar-refractivity contribution in [3.05, 3.63) is 77.1 Å². The molecule has 1 unspecified atom stereocenters. The molecule has 1 aliphatic heterocycles. The lowest BCUT2D eigenvalue weighted by Crippen LogP contribution is -2.46. The number of urea groups is 1. The zero-order chi connectivity index (χ0) is 23.4. The van der Waals surface area contributed by atoms with Gasteiger partial charge in [0, 0.05) is 17.8 Å². The number of rotatable bonds is 8. The summed E-state index contributed by atoms with van der Waals surface area (Å²) < 4.78 is 19.7. The normalized spacial score (nSPS) is 16.3. The van der Waals surface area contributed by atoms with E-state index < -0.39 is 6.04 Å². The maximum Gasteiger partial charge on any atom is 0.322 e. The number of amides is 2. The third kappa shape index (κ3) is 4.82. The smallest absolute Gasteiger partial charge is 0.322 e. The molecule has 0 spiro atoms. The lowest BCUT2D eigenvalue weighted by molar-refractivity contribution is 0.204. The van der Waals surface area contributed by atoms with E-state index in [1.54, 1.807) is 17.0 Å². The minimum absolute atomic E-state index is 0.212. The van der Waals surface area contributed by atoms with Gasteiger partial charge in [-0.1, -0.05) is 68.2 Å². The van der Waals surface area contributed by atoms with Crippen LogP contribution in [0.4, 0.5) is 9.18 Å². The standard InChI is InChI=1S/C26H29FN4O2/c1-4-6-7-15-31-17(3)22(23(28-26(31)32)20-9-8-10-21(27)16-20)25-29-24(30-33-25)19-13-11-18(5-2)12-14-19/h8-14,16,23H,4-7,15H2,1-3H3,(H,28,32). The number of allylic oxidation sites excluding steroid dienone is 1. The first-order chi connectivity index (χ1) is 16.0. The summed E-state index contributed by atoms with van der Waals surface area (Å²) in [5.74, 6) is 0.420. The second kappa shape index (κ2) is 9.98. The first-order valence-electron chi connectivity index (χ1n) is 11.5. The third-order valence-corrected chi connectivity index (χ3v) is 6.04. The Hall–Kier alpha value is -3.48. The number of halogens is 1. The topological polar surface area (TPSA) is 71.3 Å². The van der Waals surface area contributed by atoms with Crippen LogP contribution in [0.1, 0.15) is 63.1 Å². The molecule has 1 aliphatic rings. The van der Waals surface area contributed by atoms with Crippen molar-refractivity contribution in [3.63, 3.8) is 0 Å². The number of nitrogens with one attached hydrogen (secondary N) is 1. The van der Waals surface area contributed by atoms with E-state index >= 15 is 0 Å².